The first-order chi connectivity index (χ1) is 11.7. The third-order valence-corrected chi connectivity index (χ3v) is 5.32. The lowest BCUT2D eigenvalue weighted by Crippen LogP contribution is -2.13. The van der Waals surface area contributed by atoms with Crippen molar-refractivity contribution in [2.75, 3.05) is 0 Å². The van der Waals surface area contributed by atoms with Gasteiger partial charge in [0.1, 0.15) is 0 Å². The molecule has 0 atom stereocenters. The van der Waals surface area contributed by atoms with Crippen molar-refractivity contribution >= 4 is 0 Å². The predicted octanol–water partition coefficient (Wildman–Crippen LogP) is 6.49. The van der Waals surface area contributed by atoms with E-state index < -0.39 is 11.9 Å². The van der Waals surface area contributed by atoms with Crippen LogP contribution >= 0.6 is 0 Å². The number of benzene rings is 1. The number of rotatable bonds is 5. The van der Waals surface area contributed by atoms with E-state index in [1.54, 1.807) is 0 Å². The lowest BCUT2D eigenvalue weighted by molar-refractivity contribution is 0.304. The average molecular weight is 329 g/mol. The van der Waals surface area contributed by atoms with Crippen molar-refractivity contribution in [1.29, 1.82) is 0 Å². The van der Waals surface area contributed by atoms with Gasteiger partial charge < -0.3 is 0 Å². The molecular formula is C21H25F2N. The first kappa shape index (κ1) is 17.1. The average Bonchev–Trinajstić information content (AvgIpc) is 2.61. The lowest BCUT2D eigenvalue weighted by Gasteiger charge is -2.29. The topological polar surface area (TPSA) is 12.9 Å². The van der Waals surface area contributed by atoms with E-state index in [1.165, 1.54) is 62.6 Å². The Morgan fingerprint density at radius 1 is 0.958 bits per heavy atom. The summed E-state index contributed by atoms with van der Waals surface area (Å²) in [7, 11) is 0. The van der Waals surface area contributed by atoms with Crippen molar-refractivity contribution in [3.05, 3.63) is 53.9 Å². The molecule has 2 aromatic rings. The van der Waals surface area contributed by atoms with Crippen LogP contribution in [-0.4, -0.2) is 4.98 Å². The van der Waals surface area contributed by atoms with E-state index >= 15 is 0 Å². The molecule has 0 N–H and O–H groups in total. The molecule has 1 fully saturated rings. The zero-order valence-electron chi connectivity index (χ0n) is 14.3. The lowest BCUT2D eigenvalue weighted by atomic mass is 9.77. The highest BCUT2D eigenvalue weighted by Crippen LogP contribution is 2.38. The molecule has 1 aromatic heterocycles. The zero-order valence-corrected chi connectivity index (χ0v) is 14.3. The van der Waals surface area contributed by atoms with Gasteiger partial charge in [0, 0.05) is 5.56 Å². The van der Waals surface area contributed by atoms with Gasteiger partial charge in [-0.2, -0.15) is 13.8 Å². The standard InChI is InChI=1S/C21H25F2N/c1-2-3-4-15-5-7-16(8-6-15)17-9-11-18(12-10-17)19-13-14-20(22)24-21(19)23/h9-16H,2-8H2,1H3/t15-,16-. The van der Waals surface area contributed by atoms with Crippen molar-refractivity contribution in [3.8, 4) is 11.1 Å². The maximum atomic E-state index is 13.8. The SMILES string of the molecule is CCCC[C@H]1CC[C@H](c2ccc(-c3ccc(F)nc3F)cc2)CC1. The Morgan fingerprint density at radius 2 is 1.67 bits per heavy atom. The maximum absolute atomic E-state index is 13.8. The van der Waals surface area contributed by atoms with Crippen LogP contribution < -0.4 is 0 Å². The first-order valence-corrected chi connectivity index (χ1v) is 9.09. The summed E-state index contributed by atoms with van der Waals surface area (Å²) in [5.41, 5.74) is 2.44. The number of halogens is 2. The molecule has 24 heavy (non-hydrogen) atoms. The molecule has 3 heteroatoms. The fraction of sp³-hybridized carbons (Fsp3) is 0.476. The van der Waals surface area contributed by atoms with Crippen LogP contribution in [0, 0.1) is 17.8 Å². The van der Waals surface area contributed by atoms with Gasteiger partial charge in [-0.3, -0.25) is 0 Å². The fourth-order valence-corrected chi connectivity index (χ4v) is 3.84. The van der Waals surface area contributed by atoms with E-state index in [2.05, 4.69) is 24.0 Å². The van der Waals surface area contributed by atoms with E-state index in [0.717, 1.165) is 11.5 Å². The van der Waals surface area contributed by atoms with Gasteiger partial charge in [-0.1, -0.05) is 50.5 Å². The van der Waals surface area contributed by atoms with Gasteiger partial charge in [0.25, 0.3) is 0 Å². The second-order valence-corrected chi connectivity index (χ2v) is 6.95. The summed E-state index contributed by atoms with van der Waals surface area (Å²) in [6, 6.07) is 10.7. The molecule has 1 aliphatic rings. The summed E-state index contributed by atoms with van der Waals surface area (Å²) < 4.78 is 26.7. The fourth-order valence-electron chi connectivity index (χ4n) is 3.84. The molecule has 0 spiro atoms. The molecule has 0 bridgehead atoms. The zero-order chi connectivity index (χ0) is 16.9. The second-order valence-electron chi connectivity index (χ2n) is 6.95. The number of unbranched alkanes of at least 4 members (excludes halogenated alkanes) is 1. The number of hydrogen-bond donors (Lipinski definition) is 0. The highest BCUT2D eigenvalue weighted by Gasteiger charge is 2.22. The minimum Gasteiger partial charge on any atom is -0.190 e. The van der Waals surface area contributed by atoms with Gasteiger partial charge in [-0.15, -0.1) is 0 Å². The molecule has 1 aromatic carbocycles. The van der Waals surface area contributed by atoms with Crippen LogP contribution in [0.15, 0.2) is 36.4 Å². The molecule has 1 aliphatic carbocycles. The van der Waals surface area contributed by atoms with Crippen LogP contribution in [0.4, 0.5) is 8.78 Å². The summed E-state index contributed by atoms with van der Waals surface area (Å²) in [5, 5.41) is 0. The van der Waals surface area contributed by atoms with E-state index in [9.17, 15) is 8.78 Å². The number of pyridine rings is 1. The van der Waals surface area contributed by atoms with E-state index in [-0.39, 0.29) is 0 Å². The smallest absolute Gasteiger partial charge is 0.190 e. The molecule has 0 aliphatic heterocycles. The molecule has 0 saturated heterocycles. The molecule has 3 rings (SSSR count). The minimum absolute atomic E-state index is 0.353. The van der Waals surface area contributed by atoms with Crippen molar-refractivity contribution in [3.63, 3.8) is 0 Å². The Hall–Kier alpha value is -1.77. The largest absolute Gasteiger partial charge is 0.223 e. The molecule has 1 nitrogen and oxygen atoms in total. The van der Waals surface area contributed by atoms with Crippen LogP contribution in [0.1, 0.15) is 63.4 Å². The quantitative estimate of drug-likeness (QED) is 0.571. The van der Waals surface area contributed by atoms with Gasteiger partial charge in [-0.05, 0) is 60.8 Å². The van der Waals surface area contributed by atoms with Crippen LogP contribution in [0.25, 0.3) is 11.1 Å². The summed E-state index contributed by atoms with van der Waals surface area (Å²) in [6.07, 6.45) is 9.16. The van der Waals surface area contributed by atoms with Crippen molar-refractivity contribution in [2.24, 2.45) is 5.92 Å². The van der Waals surface area contributed by atoms with E-state index in [0.29, 0.717) is 11.5 Å². The number of nitrogens with zero attached hydrogens (tertiary/aromatic N) is 1. The normalized spacial score (nSPS) is 21.0. The van der Waals surface area contributed by atoms with Crippen LogP contribution in [0.2, 0.25) is 0 Å². The number of hydrogen-bond acceptors (Lipinski definition) is 1. The summed E-state index contributed by atoms with van der Waals surface area (Å²) in [6.45, 7) is 2.26. The van der Waals surface area contributed by atoms with E-state index in [1.807, 2.05) is 12.1 Å². The molecule has 1 heterocycles. The Balaban J connectivity index is 1.65. The highest BCUT2D eigenvalue weighted by atomic mass is 19.1. The third kappa shape index (κ3) is 4.00. The Morgan fingerprint density at radius 3 is 2.29 bits per heavy atom. The number of aromatic nitrogens is 1. The monoisotopic (exact) mass is 329 g/mol. The second kappa shape index (κ2) is 7.87. The van der Waals surface area contributed by atoms with Crippen LogP contribution in [0.3, 0.4) is 0 Å². The summed E-state index contributed by atoms with van der Waals surface area (Å²) >= 11 is 0. The minimum atomic E-state index is -0.785. The van der Waals surface area contributed by atoms with E-state index in [4.69, 9.17) is 0 Å². The third-order valence-electron chi connectivity index (χ3n) is 5.32. The first-order valence-electron chi connectivity index (χ1n) is 9.09. The van der Waals surface area contributed by atoms with Crippen molar-refractivity contribution in [2.45, 2.75) is 57.8 Å². The van der Waals surface area contributed by atoms with Gasteiger partial charge >= 0.3 is 0 Å². The Bertz CT molecular complexity index is 658. The van der Waals surface area contributed by atoms with Gasteiger partial charge in [0.2, 0.25) is 11.9 Å². The highest BCUT2D eigenvalue weighted by molar-refractivity contribution is 5.63. The summed E-state index contributed by atoms with van der Waals surface area (Å²) in [4.78, 5) is 3.26. The molecule has 1 saturated carbocycles. The molecular weight excluding hydrogens is 304 g/mol. The maximum Gasteiger partial charge on any atom is 0.223 e. The van der Waals surface area contributed by atoms with Gasteiger partial charge in [-0.25, -0.2) is 0 Å². The van der Waals surface area contributed by atoms with Crippen molar-refractivity contribution < 1.29 is 8.78 Å². The van der Waals surface area contributed by atoms with Crippen molar-refractivity contribution in [1.82, 2.24) is 4.98 Å². The van der Waals surface area contributed by atoms with Crippen LogP contribution in [-0.2, 0) is 0 Å². The predicted molar refractivity (Wildman–Crippen MR) is 93.8 cm³/mol. The molecule has 0 unspecified atom stereocenters. The molecule has 0 amide bonds. The Kier molecular flexibility index (Phi) is 5.60. The Labute approximate surface area is 143 Å². The van der Waals surface area contributed by atoms with Gasteiger partial charge in [0.05, 0.1) is 0 Å². The molecule has 0 radical (unpaired) electrons. The van der Waals surface area contributed by atoms with Crippen LogP contribution in [0.5, 0.6) is 0 Å². The van der Waals surface area contributed by atoms with Gasteiger partial charge in [0.15, 0.2) is 0 Å². The summed E-state index contributed by atoms with van der Waals surface area (Å²) in [5.74, 6) is -0.0140. The molecule has 128 valence electrons.